The molecule has 1 heterocycles. The van der Waals surface area contributed by atoms with Crippen molar-refractivity contribution in [3.8, 4) is 5.75 Å². The number of ether oxygens (including phenoxy) is 1. The monoisotopic (exact) mass is 432 g/mol. The summed E-state index contributed by atoms with van der Waals surface area (Å²) in [5, 5.41) is 6.65. The third-order valence-corrected chi connectivity index (χ3v) is 6.02. The molecule has 1 aromatic rings. The first kappa shape index (κ1) is 23.3. The van der Waals surface area contributed by atoms with Crippen molar-refractivity contribution in [2.45, 2.75) is 70.3 Å². The number of likely N-dealkylation sites (tertiary alicyclic amines) is 1. The minimum absolute atomic E-state index is 0.201. The molecule has 2 aliphatic rings. The summed E-state index contributed by atoms with van der Waals surface area (Å²) in [6.45, 7) is 2.25. The van der Waals surface area contributed by atoms with Crippen LogP contribution in [0.5, 0.6) is 5.75 Å². The van der Waals surface area contributed by atoms with Gasteiger partial charge in [-0.1, -0.05) is 38.5 Å². The summed E-state index contributed by atoms with van der Waals surface area (Å²) >= 11 is 0. The molecule has 7 nitrogen and oxygen atoms in total. The van der Waals surface area contributed by atoms with Crippen molar-refractivity contribution in [3.05, 3.63) is 24.0 Å². The van der Waals surface area contributed by atoms with Crippen LogP contribution in [0.4, 0.5) is 10.1 Å². The van der Waals surface area contributed by atoms with Crippen LogP contribution in [0.15, 0.2) is 28.2 Å². The van der Waals surface area contributed by atoms with Crippen LogP contribution in [0, 0.1) is 5.82 Å². The van der Waals surface area contributed by atoms with Crippen molar-refractivity contribution in [1.29, 1.82) is 0 Å². The quantitative estimate of drug-likeness (QED) is 0.371. The Labute approximate surface area is 185 Å². The van der Waals surface area contributed by atoms with Crippen LogP contribution in [0.25, 0.3) is 0 Å². The number of halogens is 1. The first-order chi connectivity index (χ1) is 15.2. The van der Waals surface area contributed by atoms with E-state index >= 15 is 0 Å². The van der Waals surface area contributed by atoms with Gasteiger partial charge in [0.2, 0.25) is 5.96 Å². The van der Waals surface area contributed by atoms with E-state index in [2.05, 4.69) is 25.5 Å². The van der Waals surface area contributed by atoms with Gasteiger partial charge in [0, 0.05) is 30.9 Å². The van der Waals surface area contributed by atoms with Crippen molar-refractivity contribution in [2.24, 2.45) is 15.7 Å². The number of benzene rings is 1. The number of methoxy groups -OCH3 is 1. The van der Waals surface area contributed by atoms with Crippen LogP contribution in [0.3, 0.4) is 0 Å². The molecule has 0 bridgehead atoms. The molecule has 3 rings (SSSR count). The Morgan fingerprint density at radius 1 is 1.10 bits per heavy atom. The summed E-state index contributed by atoms with van der Waals surface area (Å²) in [6, 6.07) is 5.19. The second kappa shape index (κ2) is 12.5. The van der Waals surface area contributed by atoms with E-state index in [9.17, 15) is 4.39 Å². The van der Waals surface area contributed by atoms with Gasteiger partial charge in [0.25, 0.3) is 0 Å². The van der Waals surface area contributed by atoms with Crippen LogP contribution < -0.4 is 21.1 Å². The highest BCUT2D eigenvalue weighted by atomic mass is 19.1. The summed E-state index contributed by atoms with van der Waals surface area (Å²) in [5.41, 5.74) is 6.88. The van der Waals surface area contributed by atoms with E-state index in [0.29, 0.717) is 30.3 Å². The van der Waals surface area contributed by atoms with Crippen molar-refractivity contribution >= 4 is 17.6 Å². The lowest BCUT2D eigenvalue weighted by atomic mass is 10.1. The fourth-order valence-corrected chi connectivity index (χ4v) is 4.19. The van der Waals surface area contributed by atoms with Crippen LogP contribution in [-0.4, -0.2) is 49.7 Å². The van der Waals surface area contributed by atoms with E-state index < -0.39 is 5.82 Å². The number of guanidine groups is 2. The van der Waals surface area contributed by atoms with Gasteiger partial charge in [-0.3, -0.25) is 5.32 Å². The zero-order valence-corrected chi connectivity index (χ0v) is 18.7. The average molecular weight is 433 g/mol. The maximum absolute atomic E-state index is 14.1. The molecule has 2 fully saturated rings. The Bertz CT molecular complexity index is 738. The summed E-state index contributed by atoms with van der Waals surface area (Å²) in [4.78, 5) is 11.3. The van der Waals surface area contributed by atoms with Crippen molar-refractivity contribution in [1.82, 2.24) is 10.2 Å². The van der Waals surface area contributed by atoms with E-state index in [1.807, 2.05) is 0 Å². The largest absolute Gasteiger partial charge is 0.494 e. The van der Waals surface area contributed by atoms with E-state index in [1.165, 1.54) is 64.5 Å². The number of hydrogen-bond acceptors (Lipinski definition) is 3. The molecule has 0 atom stereocenters. The number of anilines is 1. The van der Waals surface area contributed by atoms with Crippen molar-refractivity contribution in [3.63, 3.8) is 0 Å². The number of nitrogens with one attached hydrogen (secondary N) is 2. The number of nitrogens with two attached hydrogens (primary N) is 1. The van der Waals surface area contributed by atoms with Crippen molar-refractivity contribution < 1.29 is 9.13 Å². The number of nitrogens with zero attached hydrogens (tertiary/aromatic N) is 3. The number of rotatable bonds is 5. The zero-order valence-electron chi connectivity index (χ0n) is 18.7. The highest BCUT2D eigenvalue weighted by Gasteiger charge is 2.14. The van der Waals surface area contributed by atoms with Gasteiger partial charge < -0.3 is 20.7 Å². The minimum atomic E-state index is -0.437. The molecule has 0 spiro atoms. The lowest BCUT2D eigenvalue weighted by molar-refractivity contribution is 0.386. The van der Waals surface area contributed by atoms with Gasteiger partial charge in [-0.2, -0.15) is 4.99 Å². The highest BCUT2D eigenvalue weighted by Crippen LogP contribution is 2.21. The van der Waals surface area contributed by atoms with Gasteiger partial charge in [0.05, 0.1) is 13.8 Å². The van der Waals surface area contributed by atoms with Gasteiger partial charge >= 0.3 is 0 Å². The maximum atomic E-state index is 14.1. The smallest absolute Gasteiger partial charge is 0.227 e. The van der Waals surface area contributed by atoms with E-state index in [-0.39, 0.29) is 5.75 Å². The molecule has 1 saturated carbocycles. The van der Waals surface area contributed by atoms with Crippen molar-refractivity contribution in [2.75, 3.05) is 32.2 Å². The standard InChI is InChI=1S/C23H37FN6O/c1-31-21-13-12-19(16-20(21)24)28-23(27-17-26-18-10-6-2-3-7-11-18)29-22(25)30-14-8-4-5-9-15-30/h12-13,16,18,26H,2-11,14-15,17H2,1H3,(H3,25,27,28,29). The van der Waals surface area contributed by atoms with Gasteiger partial charge in [0.1, 0.15) is 0 Å². The molecule has 0 aromatic heterocycles. The van der Waals surface area contributed by atoms with Gasteiger partial charge in [-0.25, -0.2) is 9.38 Å². The highest BCUT2D eigenvalue weighted by molar-refractivity contribution is 6.01. The summed E-state index contributed by atoms with van der Waals surface area (Å²) in [7, 11) is 1.45. The minimum Gasteiger partial charge on any atom is -0.494 e. The SMILES string of the molecule is COc1ccc(NC(=N/CNC2CCCCCC2)/N=C(\N)N2CCCCCC2)cc1F. The maximum Gasteiger partial charge on any atom is 0.227 e. The average Bonchev–Trinajstić information content (AvgIpc) is 3.19. The third kappa shape index (κ3) is 7.69. The molecule has 0 amide bonds. The molecule has 31 heavy (non-hydrogen) atoms. The first-order valence-corrected chi connectivity index (χ1v) is 11.6. The fourth-order valence-electron chi connectivity index (χ4n) is 4.19. The second-order valence-electron chi connectivity index (χ2n) is 8.38. The Morgan fingerprint density at radius 2 is 1.77 bits per heavy atom. The zero-order chi connectivity index (χ0) is 21.9. The molecular weight excluding hydrogens is 395 g/mol. The molecule has 1 aromatic carbocycles. The lowest BCUT2D eigenvalue weighted by Crippen LogP contribution is -2.39. The summed E-state index contributed by atoms with van der Waals surface area (Å²) in [6.07, 6.45) is 12.2. The van der Waals surface area contributed by atoms with Crippen LogP contribution in [-0.2, 0) is 0 Å². The van der Waals surface area contributed by atoms with E-state index in [1.54, 1.807) is 12.1 Å². The molecule has 1 saturated heterocycles. The molecule has 1 aliphatic heterocycles. The van der Waals surface area contributed by atoms with E-state index in [0.717, 1.165) is 25.9 Å². The Hall–Kier alpha value is -2.35. The molecule has 8 heteroatoms. The summed E-state index contributed by atoms with van der Waals surface area (Å²) in [5.74, 6) is 0.601. The first-order valence-electron chi connectivity index (χ1n) is 11.6. The Balaban J connectivity index is 1.71. The molecule has 172 valence electrons. The second-order valence-corrected chi connectivity index (χ2v) is 8.38. The molecular formula is C23H37FN6O. The van der Waals surface area contributed by atoms with Crippen LogP contribution >= 0.6 is 0 Å². The molecule has 4 N–H and O–H groups in total. The topological polar surface area (TPSA) is 87.3 Å². The fraction of sp³-hybridized carbons (Fsp3) is 0.652. The van der Waals surface area contributed by atoms with Gasteiger partial charge in [0.15, 0.2) is 17.5 Å². The van der Waals surface area contributed by atoms with Crippen LogP contribution in [0.1, 0.15) is 64.2 Å². The predicted octanol–water partition coefficient (Wildman–Crippen LogP) is 4.06. The predicted molar refractivity (Wildman–Crippen MR) is 125 cm³/mol. The number of hydrogen-bond donors (Lipinski definition) is 3. The lowest BCUT2D eigenvalue weighted by Gasteiger charge is -2.21. The Morgan fingerprint density at radius 3 is 2.42 bits per heavy atom. The number of aliphatic imine (C=N–C) groups is 2. The normalized spacial score (nSPS) is 19.6. The van der Waals surface area contributed by atoms with E-state index in [4.69, 9.17) is 10.5 Å². The Kier molecular flexibility index (Phi) is 9.39. The van der Waals surface area contributed by atoms with Gasteiger partial charge in [-0.15, -0.1) is 0 Å². The third-order valence-electron chi connectivity index (χ3n) is 6.02. The summed E-state index contributed by atoms with van der Waals surface area (Å²) < 4.78 is 19.2. The molecule has 0 unspecified atom stereocenters. The molecule has 0 radical (unpaired) electrons. The van der Waals surface area contributed by atoms with Gasteiger partial charge in [-0.05, 0) is 37.8 Å². The molecule has 1 aliphatic carbocycles. The van der Waals surface area contributed by atoms with Crippen LogP contribution in [0.2, 0.25) is 0 Å².